The number of hydrogen-bond donors (Lipinski definition) is 0. The van der Waals surface area contributed by atoms with Gasteiger partial charge in [0.15, 0.2) is 0 Å². The third-order valence-electron chi connectivity index (χ3n) is 5.60. The smallest absolute Gasteiger partial charge is 0.312 e. The van der Waals surface area contributed by atoms with Crippen LogP contribution in [0.3, 0.4) is 0 Å². The number of benzene rings is 1. The molecule has 1 aromatic carbocycles. The molecule has 0 spiro atoms. The molecule has 2 saturated heterocycles. The third kappa shape index (κ3) is 3.64. The predicted octanol–water partition coefficient (Wildman–Crippen LogP) is 2.13. The maximum atomic E-state index is 12.8. The molecule has 2 aliphatic heterocycles. The van der Waals surface area contributed by atoms with Gasteiger partial charge in [-0.2, -0.15) is 0 Å². The Bertz CT molecular complexity index is 645. The monoisotopic (exact) mass is 359 g/mol. The lowest BCUT2D eigenvalue weighted by molar-refractivity contribution is -0.155. The average molecular weight is 359 g/mol. The van der Waals surface area contributed by atoms with Crippen LogP contribution in [0.25, 0.3) is 0 Å². The summed E-state index contributed by atoms with van der Waals surface area (Å²) in [6.07, 6.45) is 3.08. The van der Waals surface area contributed by atoms with Crippen molar-refractivity contribution in [2.24, 2.45) is 0 Å². The van der Waals surface area contributed by atoms with Gasteiger partial charge in [0.25, 0.3) is 0 Å². The van der Waals surface area contributed by atoms with E-state index in [0.29, 0.717) is 26.2 Å². The minimum atomic E-state index is -0.356. The van der Waals surface area contributed by atoms with E-state index in [0.717, 1.165) is 30.7 Å². The number of nitrogens with zero attached hydrogens (tertiary/aromatic N) is 3. The van der Waals surface area contributed by atoms with Crippen molar-refractivity contribution < 1.29 is 14.3 Å². The Hall–Kier alpha value is -2.24. The van der Waals surface area contributed by atoms with Gasteiger partial charge in [0.05, 0.1) is 12.8 Å². The molecule has 2 atom stereocenters. The van der Waals surface area contributed by atoms with E-state index < -0.39 is 0 Å². The van der Waals surface area contributed by atoms with Crippen LogP contribution in [0.1, 0.15) is 33.1 Å². The van der Waals surface area contributed by atoms with Gasteiger partial charge in [-0.05, 0) is 45.2 Å². The number of anilines is 1. The molecule has 0 bridgehead atoms. The van der Waals surface area contributed by atoms with E-state index in [2.05, 4.69) is 4.90 Å². The summed E-state index contributed by atoms with van der Waals surface area (Å²) in [5, 5.41) is 0. The maximum Gasteiger partial charge on any atom is 0.312 e. The minimum Gasteiger partial charge on any atom is -0.495 e. The molecule has 2 unspecified atom stereocenters. The van der Waals surface area contributed by atoms with Gasteiger partial charge in [-0.15, -0.1) is 0 Å². The van der Waals surface area contributed by atoms with Crippen molar-refractivity contribution in [3.63, 3.8) is 0 Å². The molecular weight excluding hydrogens is 330 g/mol. The van der Waals surface area contributed by atoms with Crippen LogP contribution in [-0.4, -0.2) is 67.0 Å². The SMILES string of the molecule is COc1ccccc1N1CCN(C(=O)C(=O)N2C(C)CCCC2C)CC1. The second-order valence-corrected chi connectivity index (χ2v) is 7.29. The molecule has 26 heavy (non-hydrogen) atoms. The molecule has 0 N–H and O–H groups in total. The standard InChI is InChI=1S/C20H29N3O3/c1-15-7-6-8-16(2)23(15)20(25)19(24)22-13-11-21(12-14-22)17-9-4-5-10-18(17)26-3/h4-5,9-10,15-16H,6-8,11-14H2,1-3H3. The molecule has 0 saturated carbocycles. The average Bonchev–Trinajstić information content (AvgIpc) is 2.67. The molecule has 0 aromatic heterocycles. The van der Waals surface area contributed by atoms with E-state index in [9.17, 15) is 9.59 Å². The fraction of sp³-hybridized carbons (Fsp3) is 0.600. The zero-order valence-electron chi connectivity index (χ0n) is 16.0. The number of piperidine rings is 1. The molecule has 2 fully saturated rings. The Morgan fingerprint density at radius 1 is 0.962 bits per heavy atom. The van der Waals surface area contributed by atoms with Crippen LogP contribution in [0.15, 0.2) is 24.3 Å². The third-order valence-corrected chi connectivity index (χ3v) is 5.60. The summed E-state index contributed by atoms with van der Waals surface area (Å²) < 4.78 is 5.43. The Balaban J connectivity index is 1.62. The first-order valence-electron chi connectivity index (χ1n) is 9.52. The topological polar surface area (TPSA) is 53.1 Å². The van der Waals surface area contributed by atoms with E-state index in [4.69, 9.17) is 4.74 Å². The van der Waals surface area contributed by atoms with Crippen LogP contribution in [0, 0.1) is 0 Å². The van der Waals surface area contributed by atoms with E-state index in [1.807, 2.05) is 38.1 Å². The summed E-state index contributed by atoms with van der Waals surface area (Å²) in [4.78, 5) is 31.2. The van der Waals surface area contributed by atoms with E-state index in [-0.39, 0.29) is 23.9 Å². The fourth-order valence-electron chi connectivity index (χ4n) is 4.11. The van der Waals surface area contributed by atoms with Gasteiger partial charge in [-0.25, -0.2) is 0 Å². The number of ether oxygens (including phenoxy) is 1. The quantitative estimate of drug-likeness (QED) is 0.759. The molecular formula is C20H29N3O3. The van der Waals surface area contributed by atoms with Crippen molar-refractivity contribution in [3.8, 4) is 5.75 Å². The maximum absolute atomic E-state index is 12.8. The summed E-state index contributed by atoms with van der Waals surface area (Å²) >= 11 is 0. The fourth-order valence-corrected chi connectivity index (χ4v) is 4.11. The normalized spacial score (nSPS) is 23.7. The molecule has 2 amide bonds. The molecule has 6 heteroatoms. The highest BCUT2D eigenvalue weighted by molar-refractivity contribution is 6.35. The summed E-state index contributed by atoms with van der Waals surface area (Å²) in [6.45, 7) is 6.59. The molecule has 0 aliphatic carbocycles. The highest BCUT2D eigenvalue weighted by atomic mass is 16.5. The number of carbonyl (C=O) groups is 2. The lowest BCUT2D eigenvalue weighted by atomic mass is 9.97. The van der Waals surface area contributed by atoms with Gasteiger partial charge in [0.1, 0.15) is 5.75 Å². The van der Waals surface area contributed by atoms with Crippen molar-refractivity contribution in [1.29, 1.82) is 0 Å². The van der Waals surface area contributed by atoms with E-state index in [1.54, 1.807) is 16.9 Å². The molecule has 2 heterocycles. The first-order chi connectivity index (χ1) is 12.5. The molecule has 0 radical (unpaired) electrons. The van der Waals surface area contributed by atoms with Crippen molar-refractivity contribution in [1.82, 2.24) is 9.80 Å². The number of likely N-dealkylation sites (tertiary alicyclic amines) is 1. The van der Waals surface area contributed by atoms with Gasteiger partial charge >= 0.3 is 11.8 Å². The van der Waals surface area contributed by atoms with Gasteiger partial charge in [0, 0.05) is 38.3 Å². The highest BCUT2D eigenvalue weighted by Crippen LogP contribution is 2.28. The van der Waals surface area contributed by atoms with Gasteiger partial charge < -0.3 is 19.4 Å². The second-order valence-electron chi connectivity index (χ2n) is 7.29. The van der Waals surface area contributed by atoms with E-state index in [1.165, 1.54) is 0 Å². The van der Waals surface area contributed by atoms with Crippen LogP contribution in [0.2, 0.25) is 0 Å². The largest absolute Gasteiger partial charge is 0.495 e. The zero-order chi connectivity index (χ0) is 18.7. The number of amides is 2. The molecule has 142 valence electrons. The Kier molecular flexibility index (Phi) is 5.69. The van der Waals surface area contributed by atoms with Crippen molar-refractivity contribution in [2.45, 2.75) is 45.2 Å². The lowest BCUT2D eigenvalue weighted by Crippen LogP contribution is -2.57. The predicted molar refractivity (Wildman–Crippen MR) is 101 cm³/mol. The van der Waals surface area contributed by atoms with Crippen LogP contribution >= 0.6 is 0 Å². The van der Waals surface area contributed by atoms with Crippen molar-refractivity contribution in [3.05, 3.63) is 24.3 Å². The lowest BCUT2D eigenvalue weighted by Gasteiger charge is -2.41. The van der Waals surface area contributed by atoms with Gasteiger partial charge in [-0.1, -0.05) is 12.1 Å². The Morgan fingerprint density at radius 2 is 1.58 bits per heavy atom. The van der Waals surface area contributed by atoms with Crippen molar-refractivity contribution >= 4 is 17.5 Å². The van der Waals surface area contributed by atoms with Crippen LogP contribution < -0.4 is 9.64 Å². The summed E-state index contributed by atoms with van der Waals surface area (Å²) in [5.41, 5.74) is 1.03. The number of hydrogen-bond acceptors (Lipinski definition) is 4. The van der Waals surface area contributed by atoms with Crippen LogP contribution in [0.5, 0.6) is 5.75 Å². The number of para-hydroxylation sites is 2. The number of methoxy groups -OCH3 is 1. The summed E-state index contributed by atoms with van der Waals surface area (Å²) in [7, 11) is 1.66. The highest BCUT2D eigenvalue weighted by Gasteiger charge is 2.36. The van der Waals surface area contributed by atoms with Crippen LogP contribution in [-0.2, 0) is 9.59 Å². The number of piperazine rings is 1. The van der Waals surface area contributed by atoms with Crippen LogP contribution in [0.4, 0.5) is 5.69 Å². The molecule has 6 nitrogen and oxygen atoms in total. The minimum absolute atomic E-state index is 0.144. The zero-order valence-corrected chi connectivity index (χ0v) is 16.0. The Labute approximate surface area is 155 Å². The van der Waals surface area contributed by atoms with Gasteiger partial charge in [-0.3, -0.25) is 9.59 Å². The first kappa shape index (κ1) is 18.5. The van der Waals surface area contributed by atoms with Gasteiger partial charge in [0.2, 0.25) is 0 Å². The second kappa shape index (κ2) is 7.98. The number of rotatable bonds is 2. The van der Waals surface area contributed by atoms with E-state index >= 15 is 0 Å². The Morgan fingerprint density at radius 3 is 2.19 bits per heavy atom. The van der Waals surface area contributed by atoms with Crippen molar-refractivity contribution in [2.75, 3.05) is 38.2 Å². The molecule has 1 aromatic rings. The summed E-state index contributed by atoms with van der Waals surface area (Å²) in [5.74, 6) is 0.139. The molecule has 3 rings (SSSR count). The number of carbonyl (C=O) groups excluding carboxylic acids is 2. The first-order valence-corrected chi connectivity index (χ1v) is 9.52. The molecule has 2 aliphatic rings. The summed E-state index contributed by atoms with van der Waals surface area (Å²) in [6, 6.07) is 8.18.